The van der Waals surface area contributed by atoms with Gasteiger partial charge in [-0.2, -0.15) is 4.31 Å². The summed E-state index contributed by atoms with van der Waals surface area (Å²) in [6.45, 7) is 3.54. The van der Waals surface area contributed by atoms with E-state index in [1.807, 2.05) is 24.3 Å². The lowest BCUT2D eigenvalue weighted by molar-refractivity contribution is -0.121. The molecule has 2 aliphatic rings. The van der Waals surface area contributed by atoms with Crippen LogP contribution in [0.5, 0.6) is 5.75 Å². The first-order chi connectivity index (χ1) is 13.9. The van der Waals surface area contributed by atoms with Gasteiger partial charge in [-0.3, -0.25) is 4.79 Å². The third-order valence-corrected chi connectivity index (χ3v) is 7.51. The third-order valence-electron chi connectivity index (χ3n) is 5.63. The van der Waals surface area contributed by atoms with Crippen LogP contribution in [0.15, 0.2) is 53.4 Å². The van der Waals surface area contributed by atoms with E-state index in [0.717, 1.165) is 24.2 Å². The van der Waals surface area contributed by atoms with E-state index < -0.39 is 10.0 Å². The second kappa shape index (κ2) is 8.16. The zero-order valence-corrected chi connectivity index (χ0v) is 17.3. The Bertz CT molecular complexity index is 988. The minimum Gasteiger partial charge on any atom is -0.492 e. The highest BCUT2D eigenvalue weighted by Gasteiger charge is 2.29. The Hall–Kier alpha value is -2.38. The van der Waals surface area contributed by atoms with Gasteiger partial charge in [-0.25, -0.2) is 8.42 Å². The highest BCUT2D eigenvalue weighted by atomic mass is 32.2. The minimum atomic E-state index is -3.49. The van der Waals surface area contributed by atoms with Crippen molar-refractivity contribution >= 4 is 21.6 Å². The van der Waals surface area contributed by atoms with Gasteiger partial charge in [0, 0.05) is 18.8 Å². The number of carbonyl (C=O) groups excluding carboxylic acids is 1. The Labute approximate surface area is 171 Å². The van der Waals surface area contributed by atoms with Crippen LogP contribution in [-0.4, -0.2) is 38.3 Å². The lowest BCUT2D eigenvalue weighted by Crippen LogP contribution is -2.39. The van der Waals surface area contributed by atoms with Gasteiger partial charge in [-0.05, 0) is 61.1 Å². The molecule has 0 radical (unpaired) electrons. The lowest BCUT2D eigenvalue weighted by atomic mass is 9.96. The summed E-state index contributed by atoms with van der Waals surface area (Å²) in [6.07, 6.45) is 2.58. The van der Waals surface area contributed by atoms with Gasteiger partial charge in [-0.1, -0.05) is 25.1 Å². The number of ether oxygens (including phenoxy) is 1. The van der Waals surface area contributed by atoms with Gasteiger partial charge in [0.1, 0.15) is 12.4 Å². The molecule has 2 atom stereocenters. The molecule has 0 saturated carbocycles. The van der Waals surface area contributed by atoms with Gasteiger partial charge in [0.05, 0.1) is 10.8 Å². The van der Waals surface area contributed by atoms with Crippen molar-refractivity contribution in [2.75, 3.05) is 25.0 Å². The molecule has 154 valence electrons. The molecule has 2 aliphatic heterocycles. The van der Waals surface area contributed by atoms with Crippen molar-refractivity contribution in [1.82, 2.24) is 4.31 Å². The maximum Gasteiger partial charge on any atom is 0.243 e. The summed E-state index contributed by atoms with van der Waals surface area (Å²) < 4.78 is 33.0. The van der Waals surface area contributed by atoms with Crippen LogP contribution >= 0.6 is 0 Å². The molecule has 1 N–H and O–H groups in total. The summed E-state index contributed by atoms with van der Waals surface area (Å²) in [4.78, 5) is 12.9. The fourth-order valence-electron chi connectivity index (χ4n) is 3.96. The van der Waals surface area contributed by atoms with Crippen LogP contribution in [0.4, 0.5) is 5.69 Å². The summed E-state index contributed by atoms with van der Waals surface area (Å²) in [5, 5.41) is 2.88. The summed E-state index contributed by atoms with van der Waals surface area (Å²) >= 11 is 0. The van der Waals surface area contributed by atoms with Crippen molar-refractivity contribution < 1.29 is 17.9 Å². The molecule has 2 heterocycles. The number of carbonyl (C=O) groups is 1. The summed E-state index contributed by atoms with van der Waals surface area (Å²) in [6, 6.07) is 14.2. The molecule has 0 bridgehead atoms. The van der Waals surface area contributed by atoms with E-state index in [1.165, 1.54) is 0 Å². The molecule has 0 aromatic heterocycles. The minimum absolute atomic E-state index is 0.125. The molecule has 6 nitrogen and oxygen atoms in total. The Morgan fingerprint density at radius 2 is 1.90 bits per heavy atom. The number of sulfonamides is 1. The Balaban J connectivity index is 1.41. The van der Waals surface area contributed by atoms with Crippen molar-refractivity contribution in [3.63, 3.8) is 0 Å². The van der Waals surface area contributed by atoms with E-state index >= 15 is 0 Å². The predicted octanol–water partition coefficient (Wildman–Crippen LogP) is 3.30. The lowest BCUT2D eigenvalue weighted by Gasteiger charge is -2.30. The quantitative estimate of drug-likeness (QED) is 0.833. The summed E-state index contributed by atoms with van der Waals surface area (Å²) in [5.41, 5.74) is 1.61. The number of hydrogen-bond donors (Lipinski definition) is 1. The van der Waals surface area contributed by atoms with E-state index in [-0.39, 0.29) is 16.7 Å². The number of hydrogen-bond acceptors (Lipinski definition) is 4. The zero-order valence-electron chi connectivity index (χ0n) is 16.5. The number of rotatable bonds is 4. The summed E-state index contributed by atoms with van der Waals surface area (Å²) in [7, 11) is -3.49. The van der Waals surface area contributed by atoms with Gasteiger partial charge in [0.25, 0.3) is 0 Å². The van der Waals surface area contributed by atoms with Crippen LogP contribution < -0.4 is 10.1 Å². The molecule has 29 heavy (non-hydrogen) atoms. The fraction of sp³-hybridized carbons (Fsp3) is 0.409. The number of nitrogens with zero attached hydrogens (tertiary/aromatic N) is 1. The number of piperidine rings is 1. The second-order valence-electron chi connectivity index (χ2n) is 7.94. The molecule has 0 spiro atoms. The highest BCUT2D eigenvalue weighted by molar-refractivity contribution is 7.89. The van der Waals surface area contributed by atoms with Gasteiger partial charge >= 0.3 is 0 Å². The first kappa shape index (κ1) is 19.9. The molecule has 1 amide bonds. The second-order valence-corrected chi connectivity index (χ2v) is 9.88. The van der Waals surface area contributed by atoms with Crippen LogP contribution in [0.1, 0.15) is 25.3 Å². The molecule has 4 rings (SSSR count). The van der Waals surface area contributed by atoms with Crippen molar-refractivity contribution in [3.05, 3.63) is 54.1 Å². The molecular weight excluding hydrogens is 388 g/mol. The first-order valence-corrected chi connectivity index (χ1v) is 11.5. The smallest absolute Gasteiger partial charge is 0.243 e. The molecule has 1 saturated heterocycles. The van der Waals surface area contributed by atoms with Gasteiger partial charge in [-0.15, -0.1) is 0 Å². The normalized spacial score (nSPS) is 22.4. The molecule has 1 fully saturated rings. The average molecular weight is 415 g/mol. The number of amides is 1. The van der Waals surface area contributed by atoms with Gasteiger partial charge in [0.2, 0.25) is 15.9 Å². The summed E-state index contributed by atoms with van der Waals surface area (Å²) in [5.74, 6) is 0.807. The van der Waals surface area contributed by atoms with Crippen LogP contribution in [-0.2, 0) is 21.2 Å². The molecule has 0 aliphatic carbocycles. The van der Waals surface area contributed by atoms with Crippen LogP contribution in [0.25, 0.3) is 0 Å². The maximum absolute atomic E-state index is 12.9. The zero-order chi connectivity index (χ0) is 20.4. The predicted molar refractivity (Wildman–Crippen MR) is 111 cm³/mol. The molecular formula is C22H26N2O4S. The van der Waals surface area contributed by atoms with E-state index in [9.17, 15) is 13.2 Å². The highest BCUT2D eigenvalue weighted by Crippen LogP contribution is 2.28. The van der Waals surface area contributed by atoms with Gasteiger partial charge < -0.3 is 10.1 Å². The fourth-order valence-corrected chi connectivity index (χ4v) is 5.56. The topological polar surface area (TPSA) is 75.7 Å². The number of para-hydroxylation sites is 1. The largest absolute Gasteiger partial charge is 0.492 e. The first-order valence-electron chi connectivity index (χ1n) is 10.1. The van der Waals surface area contributed by atoms with Crippen molar-refractivity contribution in [2.24, 2.45) is 11.8 Å². The molecule has 2 aromatic rings. The van der Waals surface area contributed by atoms with E-state index in [2.05, 4.69) is 12.2 Å². The van der Waals surface area contributed by atoms with E-state index in [0.29, 0.717) is 37.7 Å². The van der Waals surface area contributed by atoms with E-state index in [1.54, 1.807) is 28.6 Å². The molecule has 2 aromatic carbocycles. The third kappa shape index (κ3) is 4.31. The van der Waals surface area contributed by atoms with Gasteiger partial charge in [0.15, 0.2) is 0 Å². The number of fused-ring (bicyclic) bond motifs is 1. The molecule has 7 heteroatoms. The standard InChI is InChI=1S/C22H26N2O4S/c1-16-5-4-12-24(14-16)29(26,27)20-10-8-19(9-11-20)23-22(25)18-13-17-6-2-3-7-21(17)28-15-18/h2-3,6-11,16,18H,4-5,12-15H2,1H3,(H,23,25). The molecule has 2 unspecified atom stereocenters. The maximum atomic E-state index is 12.9. The Morgan fingerprint density at radius 3 is 2.66 bits per heavy atom. The average Bonchev–Trinajstić information content (AvgIpc) is 2.74. The van der Waals surface area contributed by atoms with Crippen LogP contribution in [0.2, 0.25) is 0 Å². The SMILES string of the molecule is CC1CCCN(S(=O)(=O)c2ccc(NC(=O)C3COc4ccccc4C3)cc2)C1. The Kier molecular flexibility index (Phi) is 5.61. The van der Waals surface area contributed by atoms with Crippen molar-refractivity contribution in [2.45, 2.75) is 31.1 Å². The monoisotopic (exact) mass is 414 g/mol. The number of nitrogens with one attached hydrogen (secondary N) is 1. The van der Waals surface area contributed by atoms with Crippen LogP contribution in [0, 0.1) is 11.8 Å². The number of benzene rings is 2. The van der Waals surface area contributed by atoms with Crippen molar-refractivity contribution in [1.29, 1.82) is 0 Å². The number of anilines is 1. The van der Waals surface area contributed by atoms with E-state index in [4.69, 9.17) is 4.74 Å². The Morgan fingerprint density at radius 1 is 1.14 bits per heavy atom. The van der Waals surface area contributed by atoms with Crippen LogP contribution in [0.3, 0.4) is 0 Å². The van der Waals surface area contributed by atoms with Crippen molar-refractivity contribution in [3.8, 4) is 5.75 Å².